The molecule has 1 fully saturated rings. The highest BCUT2D eigenvalue weighted by Crippen LogP contribution is 2.35. The first-order valence-corrected chi connectivity index (χ1v) is 8.12. The number of nitrogens with zero attached hydrogens (tertiary/aromatic N) is 1. The first kappa shape index (κ1) is 13.7. The topological polar surface area (TPSA) is 54.7 Å². The van der Waals surface area contributed by atoms with E-state index in [0.717, 1.165) is 27.9 Å². The van der Waals surface area contributed by atoms with Gasteiger partial charge in [0.25, 0.3) is 0 Å². The van der Waals surface area contributed by atoms with Crippen LogP contribution in [0, 0.1) is 5.92 Å². The number of hydrogen-bond acceptors (Lipinski definition) is 2. The maximum Gasteiger partial charge on any atom is 0.153 e. The Kier molecular flexibility index (Phi) is 4.10. The number of halogens is 1. The van der Waals surface area contributed by atoms with Crippen molar-refractivity contribution in [3.63, 3.8) is 0 Å². The molecule has 3 rings (SSSR count). The predicted octanol–water partition coefficient (Wildman–Crippen LogP) is 4.54. The monoisotopic (exact) mass is 333 g/mol. The Balaban J connectivity index is 1.84. The number of benzene rings is 1. The fourth-order valence-electron chi connectivity index (χ4n) is 3.19. The van der Waals surface area contributed by atoms with E-state index < -0.39 is 0 Å². The van der Waals surface area contributed by atoms with Gasteiger partial charge in [-0.3, -0.25) is 5.10 Å². The van der Waals surface area contributed by atoms with E-state index in [0.29, 0.717) is 5.82 Å². The lowest BCUT2D eigenvalue weighted by Gasteiger charge is -2.10. The molecule has 1 aromatic carbocycles. The lowest BCUT2D eigenvalue weighted by molar-refractivity contribution is 0.501. The number of aromatic nitrogens is 2. The molecule has 1 aromatic heterocycles. The molecular weight excluding hydrogens is 314 g/mol. The van der Waals surface area contributed by atoms with Crippen LogP contribution in [-0.4, -0.2) is 10.2 Å². The largest absolute Gasteiger partial charge is 0.382 e. The Morgan fingerprint density at radius 1 is 1.25 bits per heavy atom. The van der Waals surface area contributed by atoms with Gasteiger partial charge in [-0.05, 0) is 24.8 Å². The van der Waals surface area contributed by atoms with Crippen molar-refractivity contribution in [2.24, 2.45) is 5.92 Å². The summed E-state index contributed by atoms with van der Waals surface area (Å²) in [7, 11) is 0. The van der Waals surface area contributed by atoms with Crippen molar-refractivity contribution in [2.75, 3.05) is 5.73 Å². The number of aryl methyl sites for hydroxylation is 1. The molecule has 20 heavy (non-hydrogen) atoms. The van der Waals surface area contributed by atoms with Crippen LogP contribution in [-0.2, 0) is 6.42 Å². The van der Waals surface area contributed by atoms with Gasteiger partial charge in [0.15, 0.2) is 5.82 Å². The van der Waals surface area contributed by atoms with E-state index in [1.807, 2.05) is 18.2 Å². The van der Waals surface area contributed by atoms with Crippen molar-refractivity contribution in [1.29, 1.82) is 0 Å². The molecule has 0 saturated heterocycles. The average molecular weight is 334 g/mol. The van der Waals surface area contributed by atoms with E-state index >= 15 is 0 Å². The fourth-order valence-corrected chi connectivity index (χ4v) is 3.67. The third-order valence-corrected chi connectivity index (χ3v) is 4.98. The zero-order chi connectivity index (χ0) is 13.9. The molecule has 0 aliphatic heterocycles. The standard InChI is InChI=1S/C16H20BrN3/c17-13-8-4-3-7-12(13)15-14(19-20-16(15)18)10-9-11-5-1-2-6-11/h3-4,7-8,11H,1-2,5-6,9-10H2,(H3,18,19,20). The summed E-state index contributed by atoms with van der Waals surface area (Å²) in [6, 6.07) is 8.18. The van der Waals surface area contributed by atoms with Crippen LogP contribution in [0.2, 0.25) is 0 Å². The third kappa shape index (κ3) is 2.75. The number of hydrogen-bond donors (Lipinski definition) is 2. The smallest absolute Gasteiger partial charge is 0.153 e. The molecule has 0 radical (unpaired) electrons. The molecule has 4 heteroatoms. The highest BCUT2D eigenvalue weighted by Gasteiger charge is 2.19. The Morgan fingerprint density at radius 3 is 2.75 bits per heavy atom. The summed E-state index contributed by atoms with van der Waals surface area (Å²) in [5, 5.41) is 7.34. The Morgan fingerprint density at radius 2 is 2.00 bits per heavy atom. The summed E-state index contributed by atoms with van der Waals surface area (Å²) >= 11 is 3.61. The Labute approximate surface area is 128 Å². The van der Waals surface area contributed by atoms with E-state index in [-0.39, 0.29) is 0 Å². The quantitative estimate of drug-likeness (QED) is 0.862. The molecule has 3 N–H and O–H groups in total. The molecule has 0 spiro atoms. The first-order valence-electron chi connectivity index (χ1n) is 7.33. The van der Waals surface area contributed by atoms with Crippen LogP contribution in [0.25, 0.3) is 11.1 Å². The summed E-state index contributed by atoms with van der Waals surface area (Å²) in [6.45, 7) is 0. The predicted molar refractivity (Wildman–Crippen MR) is 86.4 cm³/mol. The van der Waals surface area contributed by atoms with E-state index in [4.69, 9.17) is 5.73 Å². The molecule has 0 atom stereocenters. The number of nitrogens with two attached hydrogens (primary N) is 1. The van der Waals surface area contributed by atoms with Gasteiger partial charge in [0.1, 0.15) is 0 Å². The van der Waals surface area contributed by atoms with Crippen molar-refractivity contribution in [3.8, 4) is 11.1 Å². The van der Waals surface area contributed by atoms with Crippen molar-refractivity contribution < 1.29 is 0 Å². The molecule has 0 amide bonds. The SMILES string of the molecule is Nc1n[nH]c(CCC2CCCC2)c1-c1ccccc1Br. The van der Waals surface area contributed by atoms with Crippen molar-refractivity contribution in [2.45, 2.75) is 38.5 Å². The number of nitrogen functional groups attached to an aromatic ring is 1. The van der Waals surface area contributed by atoms with Gasteiger partial charge in [0, 0.05) is 21.3 Å². The molecular formula is C16H20BrN3. The summed E-state index contributed by atoms with van der Waals surface area (Å²) in [5.41, 5.74) is 9.42. The molecule has 0 unspecified atom stereocenters. The highest BCUT2D eigenvalue weighted by molar-refractivity contribution is 9.10. The van der Waals surface area contributed by atoms with E-state index in [1.54, 1.807) is 0 Å². The third-order valence-electron chi connectivity index (χ3n) is 4.29. The fraction of sp³-hybridized carbons (Fsp3) is 0.438. The van der Waals surface area contributed by atoms with Gasteiger partial charge in [-0.1, -0.05) is 59.8 Å². The molecule has 0 bridgehead atoms. The lowest BCUT2D eigenvalue weighted by Crippen LogP contribution is -1.98. The van der Waals surface area contributed by atoms with Gasteiger partial charge in [-0.2, -0.15) is 5.10 Å². The molecule has 1 heterocycles. The minimum absolute atomic E-state index is 0.596. The number of nitrogens with one attached hydrogen (secondary N) is 1. The number of anilines is 1. The van der Waals surface area contributed by atoms with Crippen LogP contribution in [0.15, 0.2) is 28.7 Å². The Bertz CT molecular complexity index is 585. The van der Waals surface area contributed by atoms with Gasteiger partial charge in [-0.15, -0.1) is 0 Å². The summed E-state index contributed by atoms with van der Waals surface area (Å²) in [4.78, 5) is 0. The first-order chi connectivity index (χ1) is 9.75. The highest BCUT2D eigenvalue weighted by atomic mass is 79.9. The van der Waals surface area contributed by atoms with Crippen LogP contribution < -0.4 is 5.73 Å². The second-order valence-corrected chi connectivity index (χ2v) is 6.49. The normalized spacial score (nSPS) is 15.8. The van der Waals surface area contributed by atoms with E-state index in [1.165, 1.54) is 37.8 Å². The number of H-pyrrole nitrogens is 1. The summed E-state index contributed by atoms with van der Waals surface area (Å²) < 4.78 is 1.07. The van der Waals surface area contributed by atoms with Crippen LogP contribution in [0.4, 0.5) is 5.82 Å². The molecule has 1 aliphatic carbocycles. The maximum atomic E-state index is 6.06. The second kappa shape index (κ2) is 6.00. The van der Waals surface area contributed by atoms with Crippen molar-refractivity contribution in [3.05, 3.63) is 34.4 Å². The van der Waals surface area contributed by atoms with Gasteiger partial charge in [0.2, 0.25) is 0 Å². The van der Waals surface area contributed by atoms with Crippen molar-refractivity contribution in [1.82, 2.24) is 10.2 Å². The Hall–Kier alpha value is -1.29. The van der Waals surface area contributed by atoms with Gasteiger partial charge >= 0.3 is 0 Å². The van der Waals surface area contributed by atoms with Crippen LogP contribution in [0.5, 0.6) is 0 Å². The van der Waals surface area contributed by atoms with Crippen molar-refractivity contribution >= 4 is 21.7 Å². The van der Waals surface area contributed by atoms with Gasteiger partial charge in [0.05, 0.1) is 0 Å². The number of aromatic amines is 1. The number of rotatable bonds is 4. The maximum absolute atomic E-state index is 6.06. The zero-order valence-corrected chi connectivity index (χ0v) is 13.1. The van der Waals surface area contributed by atoms with Gasteiger partial charge in [-0.25, -0.2) is 0 Å². The average Bonchev–Trinajstić information content (AvgIpc) is 3.07. The molecule has 1 saturated carbocycles. The summed E-state index contributed by atoms with van der Waals surface area (Å²) in [6.07, 6.45) is 7.83. The van der Waals surface area contributed by atoms with E-state index in [9.17, 15) is 0 Å². The van der Waals surface area contributed by atoms with Gasteiger partial charge < -0.3 is 5.73 Å². The van der Waals surface area contributed by atoms with Crippen LogP contribution in [0.3, 0.4) is 0 Å². The molecule has 106 valence electrons. The minimum Gasteiger partial charge on any atom is -0.382 e. The van der Waals surface area contributed by atoms with E-state index in [2.05, 4.69) is 32.2 Å². The van der Waals surface area contributed by atoms with Crippen LogP contribution in [0.1, 0.15) is 37.8 Å². The minimum atomic E-state index is 0.596. The molecule has 2 aromatic rings. The zero-order valence-electron chi connectivity index (χ0n) is 11.5. The summed E-state index contributed by atoms with van der Waals surface area (Å²) in [5.74, 6) is 1.48. The molecule has 1 aliphatic rings. The molecule has 3 nitrogen and oxygen atoms in total. The van der Waals surface area contributed by atoms with Crippen LogP contribution >= 0.6 is 15.9 Å². The lowest BCUT2D eigenvalue weighted by atomic mass is 9.97. The second-order valence-electron chi connectivity index (χ2n) is 5.63.